The molecule has 0 saturated carbocycles. The lowest BCUT2D eigenvalue weighted by Gasteiger charge is -2.35. The van der Waals surface area contributed by atoms with Crippen molar-refractivity contribution in [3.05, 3.63) is 53.6 Å². The van der Waals surface area contributed by atoms with Gasteiger partial charge in [0, 0.05) is 51.8 Å². The number of likely N-dealkylation sites (N-methyl/N-ethyl adjacent to an activating group) is 1. The van der Waals surface area contributed by atoms with Crippen molar-refractivity contribution in [2.45, 2.75) is 32.9 Å². The minimum absolute atomic E-state index is 0.00284. The Bertz CT molecular complexity index is 1100. The second kappa shape index (κ2) is 11.9. The molecule has 2 aromatic carbocycles. The Morgan fingerprint density at radius 3 is 2.47 bits per heavy atom. The van der Waals surface area contributed by atoms with Gasteiger partial charge in [0.25, 0.3) is 11.8 Å². The van der Waals surface area contributed by atoms with Crippen molar-refractivity contribution < 1.29 is 28.6 Å². The van der Waals surface area contributed by atoms with Crippen LogP contribution in [0.2, 0.25) is 0 Å². The van der Waals surface area contributed by atoms with E-state index in [-0.39, 0.29) is 42.4 Å². The first-order valence-electron chi connectivity index (χ1n) is 11.9. The number of amides is 3. The summed E-state index contributed by atoms with van der Waals surface area (Å²) in [5, 5.41) is 2.85. The molecule has 3 atom stereocenters. The first-order chi connectivity index (χ1) is 17.2. The number of carbonyl (C=O) groups is 3. The van der Waals surface area contributed by atoms with Crippen LogP contribution in [0.15, 0.2) is 42.5 Å². The minimum Gasteiger partial charge on any atom is -0.496 e. The molecule has 1 aliphatic rings. The Hall–Kier alpha value is -3.59. The molecule has 1 aliphatic heterocycles. The molecule has 0 aliphatic carbocycles. The maximum atomic E-state index is 13.3. The van der Waals surface area contributed by atoms with E-state index in [1.807, 2.05) is 13.8 Å². The molecule has 3 amide bonds. The van der Waals surface area contributed by atoms with Crippen LogP contribution in [0.25, 0.3) is 0 Å². The number of rotatable bonds is 4. The monoisotopic (exact) mass is 497 g/mol. The number of methoxy groups -OCH3 is 2. The fourth-order valence-corrected chi connectivity index (χ4v) is 4.32. The molecule has 0 spiro atoms. The van der Waals surface area contributed by atoms with Crippen molar-refractivity contribution >= 4 is 23.4 Å². The Morgan fingerprint density at radius 1 is 1.08 bits per heavy atom. The van der Waals surface area contributed by atoms with Crippen LogP contribution in [-0.4, -0.2) is 80.6 Å². The van der Waals surface area contributed by atoms with Gasteiger partial charge < -0.3 is 29.3 Å². The molecule has 0 fully saturated rings. The number of hydrogen-bond donors (Lipinski definition) is 1. The number of para-hydroxylation sites is 1. The molecule has 0 bridgehead atoms. The number of nitrogens with one attached hydrogen (secondary N) is 1. The molecule has 194 valence electrons. The van der Waals surface area contributed by atoms with Crippen LogP contribution < -0.4 is 14.8 Å². The smallest absolute Gasteiger partial charge is 0.259 e. The van der Waals surface area contributed by atoms with E-state index in [1.54, 1.807) is 66.4 Å². The van der Waals surface area contributed by atoms with Gasteiger partial charge in [0.05, 0.1) is 30.4 Å². The molecule has 0 aromatic heterocycles. The predicted molar refractivity (Wildman–Crippen MR) is 137 cm³/mol. The zero-order valence-corrected chi connectivity index (χ0v) is 21.7. The van der Waals surface area contributed by atoms with Gasteiger partial charge in [-0.15, -0.1) is 0 Å². The number of anilines is 1. The van der Waals surface area contributed by atoms with Crippen molar-refractivity contribution in [3.8, 4) is 11.5 Å². The number of benzene rings is 2. The van der Waals surface area contributed by atoms with Crippen molar-refractivity contribution in [1.29, 1.82) is 0 Å². The highest BCUT2D eigenvalue weighted by Crippen LogP contribution is 2.28. The molecule has 2 aromatic rings. The zero-order valence-electron chi connectivity index (χ0n) is 21.7. The van der Waals surface area contributed by atoms with E-state index < -0.39 is 0 Å². The van der Waals surface area contributed by atoms with Gasteiger partial charge in [0.2, 0.25) is 5.91 Å². The number of fused-ring (bicyclic) bond motifs is 1. The third-order valence-corrected chi connectivity index (χ3v) is 6.46. The van der Waals surface area contributed by atoms with Crippen molar-refractivity contribution in [1.82, 2.24) is 9.80 Å². The van der Waals surface area contributed by atoms with Crippen molar-refractivity contribution in [2.24, 2.45) is 5.92 Å². The lowest BCUT2D eigenvalue weighted by atomic mass is 10.0. The van der Waals surface area contributed by atoms with Crippen LogP contribution >= 0.6 is 0 Å². The Labute approximate surface area is 212 Å². The Kier molecular flexibility index (Phi) is 8.93. The Morgan fingerprint density at radius 2 is 1.81 bits per heavy atom. The maximum absolute atomic E-state index is 13.3. The van der Waals surface area contributed by atoms with Crippen LogP contribution in [0.3, 0.4) is 0 Å². The van der Waals surface area contributed by atoms with E-state index >= 15 is 0 Å². The van der Waals surface area contributed by atoms with Crippen LogP contribution in [0, 0.1) is 5.92 Å². The number of ether oxygens (including phenoxy) is 3. The molecule has 9 heteroatoms. The average molecular weight is 498 g/mol. The Balaban J connectivity index is 1.95. The van der Waals surface area contributed by atoms with Gasteiger partial charge >= 0.3 is 0 Å². The van der Waals surface area contributed by atoms with Crippen molar-refractivity contribution in [2.75, 3.05) is 46.3 Å². The number of nitrogens with zero attached hydrogens (tertiary/aromatic N) is 2. The molecular weight excluding hydrogens is 462 g/mol. The first kappa shape index (κ1) is 27.0. The van der Waals surface area contributed by atoms with Crippen LogP contribution in [0.5, 0.6) is 11.5 Å². The van der Waals surface area contributed by atoms with Gasteiger partial charge in [-0.25, -0.2) is 0 Å². The molecule has 0 saturated heterocycles. The number of carbonyl (C=O) groups excluding carboxylic acids is 3. The molecule has 3 rings (SSSR count). The summed E-state index contributed by atoms with van der Waals surface area (Å²) in [6.45, 7) is 6.45. The van der Waals surface area contributed by atoms with Gasteiger partial charge in [-0.3, -0.25) is 14.4 Å². The second-order valence-electron chi connectivity index (χ2n) is 9.13. The second-order valence-corrected chi connectivity index (χ2v) is 9.13. The lowest BCUT2D eigenvalue weighted by molar-refractivity contribution is -0.133. The summed E-state index contributed by atoms with van der Waals surface area (Å²) in [5.74, 6) is 0.142. The molecule has 9 nitrogen and oxygen atoms in total. The number of hydrogen-bond acceptors (Lipinski definition) is 6. The highest BCUT2D eigenvalue weighted by atomic mass is 16.5. The van der Waals surface area contributed by atoms with E-state index in [9.17, 15) is 14.4 Å². The van der Waals surface area contributed by atoms with Crippen LogP contribution in [0.4, 0.5) is 5.69 Å². The molecule has 0 radical (unpaired) electrons. The summed E-state index contributed by atoms with van der Waals surface area (Å²) in [6.07, 6.45) is -0.254. The highest BCUT2D eigenvalue weighted by molar-refractivity contribution is 6.06. The predicted octanol–water partition coefficient (Wildman–Crippen LogP) is 3.30. The molecule has 0 unspecified atom stereocenters. The molecule has 1 N–H and O–H groups in total. The van der Waals surface area contributed by atoms with Crippen LogP contribution in [-0.2, 0) is 9.53 Å². The lowest BCUT2D eigenvalue weighted by Crippen LogP contribution is -2.48. The summed E-state index contributed by atoms with van der Waals surface area (Å²) in [6, 6.07) is 11.6. The standard InChI is InChI=1S/C27H35N3O6/c1-17-14-30(19(3)31)18(2)16-36-24-13-20(28-26(32)21-9-7-8-10-23(21)34-5)11-12-22(24)27(33)29(4)15-25(17)35-6/h7-13,17-18,25H,14-16H2,1-6H3,(H,28,32)/t17-,18+,25-/m0/s1. The summed E-state index contributed by atoms with van der Waals surface area (Å²) in [4.78, 5) is 42.0. The molecule has 1 heterocycles. The SMILES string of the molecule is COc1ccccc1C(=O)Nc1ccc2c(c1)OC[C@@H](C)N(C(C)=O)C[C@H](C)[C@@H](OC)CN(C)C2=O. The fraction of sp³-hybridized carbons (Fsp3) is 0.444. The third kappa shape index (κ3) is 6.15. The normalized spacial score (nSPS) is 20.9. The van der Waals surface area contributed by atoms with Gasteiger partial charge in [0.1, 0.15) is 18.1 Å². The topological polar surface area (TPSA) is 97.4 Å². The first-order valence-corrected chi connectivity index (χ1v) is 11.9. The summed E-state index contributed by atoms with van der Waals surface area (Å²) in [7, 11) is 4.82. The highest BCUT2D eigenvalue weighted by Gasteiger charge is 2.29. The quantitative estimate of drug-likeness (QED) is 0.696. The van der Waals surface area contributed by atoms with E-state index in [1.165, 1.54) is 14.0 Å². The van der Waals surface area contributed by atoms with E-state index in [0.717, 1.165) is 0 Å². The summed E-state index contributed by atoms with van der Waals surface area (Å²) in [5.41, 5.74) is 1.21. The van der Waals surface area contributed by atoms with E-state index in [4.69, 9.17) is 14.2 Å². The van der Waals surface area contributed by atoms with Gasteiger partial charge in [0.15, 0.2) is 0 Å². The van der Waals surface area contributed by atoms with Gasteiger partial charge in [-0.05, 0) is 31.2 Å². The summed E-state index contributed by atoms with van der Waals surface area (Å²) >= 11 is 0. The van der Waals surface area contributed by atoms with E-state index in [0.29, 0.717) is 41.4 Å². The third-order valence-electron chi connectivity index (χ3n) is 6.46. The minimum atomic E-state index is -0.350. The fourth-order valence-electron chi connectivity index (χ4n) is 4.32. The van der Waals surface area contributed by atoms with Crippen LogP contribution in [0.1, 0.15) is 41.5 Å². The maximum Gasteiger partial charge on any atom is 0.259 e. The molecular formula is C27H35N3O6. The van der Waals surface area contributed by atoms with Gasteiger partial charge in [-0.1, -0.05) is 19.1 Å². The van der Waals surface area contributed by atoms with Crippen molar-refractivity contribution in [3.63, 3.8) is 0 Å². The molecule has 36 heavy (non-hydrogen) atoms. The van der Waals surface area contributed by atoms with Gasteiger partial charge in [-0.2, -0.15) is 0 Å². The zero-order chi connectivity index (χ0) is 26.4. The average Bonchev–Trinajstić information content (AvgIpc) is 2.87. The summed E-state index contributed by atoms with van der Waals surface area (Å²) < 4.78 is 17.1. The largest absolute Gasteiger partial charge is 0.496 e. The van der Waals surface area contributed by atoms with E-state index in [2.05, 4.69) is 5.32 Å².